The highest BCUT2D eigenvalue weighted by molar-refractivity contribution is 7.80. The predicted molar refractivity (Wildman–Crippen MR) is 85.5 cm³/mol. The largest absolute Gasteiger partial charge is 0.331 e. The van der Waals surface area contributed by atoms with Crippen LogP contribution in [0.3, 0.4) is 0 Å². The lowest BCUT2D eigenvalue weighted by atomic mass is 9.98. The molecule has 1 atom stereocenters. The molecule has 1 aromatic carbocycles. The van der Waals surface area contributed by atoms with Crippen molar-refractivity contribution >= 4 is 28.7 Å². The Morgan fingerprint density at radius 3 is 2.74 bits per heavy atom. The number of nitrogens with zero attached hydrogens (tertiary/aromatic N) is 2. The van der Waals surface area contributed by atoms with Gasteiger partial charge in [0.05, 0.1) is 6.54 Å². The van der Waals surface area contributed by atoms with Gasteiger partial charge < -0.3 is 5.32 Å². The molecule has 0 aromatic heterocycles. The van der Waals surface area contributed by atoms with Crippen molar-refractivity contribution in [3.63, 3.8) is 0 Å². The highest BCUT2D eigenvalue weighted by Crippen LogP contribution is 2.21. The SMILES string of the molecule is CCCC1=NN(C(=S)Nc2ccccc2)CC1CC. The predicted octanol–water partition coefficient (Wildman–Crippen LogP) is 3.88. The van der Waals surface area contributed by atoms with Crippen molar-refractivity contribution in [3.05, 3.63) is 30.3 Å². The van der Waals surface area contributed by atoms with Crippen molar-refractivity contribution in [1.82, 2.24) is 5.01 Å². The van der Waals surface area contributed by atoms with Gasteiger partial charge in [0.2, 0.25) is 0 Å². The molecular formula is C15H21N3S. The standard InChI is InChI=1S/C15H21N3S/c1-3-8-14-12(4-2)11-18(17-14)15(19)16-13-9-6-5-7-10-13/h5-7,9-10,12H,3-4,8,11H2,1-2H3,(H,16,19). The molecule has 4 heteroatoms. The second-order valence-electron chi connectivity index (χ2n) is 4.82. The fourth-order valence-electron chi connectivity index (χ4n) is 2.30. The van der Waals surface area contributed by atoms with Crippen LogP contribution in [0.5, 0.6) is 0 Å². The molecule has 1 aromatic rings. The number of hydrazone groups is 1. The highest BCUT2D eigenvalue weighted by atomic mass is 32.1. The summed E-state index contributed by atoms with van der Waals surface area (Å²) in [6.07, 6.45) is 3.34. The molecule has 0 spiro atoms. The Kier molecular flexibility index (Phi) is 4.91. The van der Waals surface area contributed by atoms with Gasteiger partial charge in [-0.1, -0.05) is 38.5 Å². The quantitative estimate of drug-likeness (QED) is 0.845. The lowest BCUT2D eigenvalue weighted by Crippen LogP contribution is -2.30. The Balaban J connectivity index is 2.01. The van der Waals surface area contributed by atoms with Crippen LogP contribution in [0.25, 0.3) is 0 Å². The molecule has 2 rings (SSSR count). The first-order valence-electron chi connectivity index (χ1n) is 6.95. The minimum Gasteiger partial charge on any atom is -0.331 e. The molecule has 1 unspecified atom stereocenters. The molecule has 0 radical (unpaired) electrons. The van der Waals surface area contributed by atoms with E-state index in [2.05, 4.69) is 24.3 Å². The van der Waals surface area contributed by atoms with Crippen LogP contribution in [0.1, 0.15) is 33.1 Å². The van der Waals surface area contributed by atoms with E-state index in [1.807, 2.05) is 35.3 Å². The summed E-state index contributed by atoms with van der Waals surface area (Å²) in [5.74, 6) is 0.551. The fourth-order valence-corrected chi connectivity index (χ4v) is 2.54. The van der Waals surface area contributed by atoms with Crippen LogP contribution >= 0.6 is 12.2 Å². The lowest BCUT2D eigenvalue weighted by Gasteiger charge is -2.17. The van der Waals surface area contributed by atoms with Crippen molar-refractivity contribution in [2.75, 3.05) is 11.9 Å². The summed E-state index contributed by atoms with van der Waals surface area (Å²) in [6, 6.07) is 10.0. The molecule has 1 N–H and O–H groups in total. The summed E-state index contributed by atoms with van der Waals surface area (Å²) in [5.41, 5.74) is 2.31. The van der Waals surface area contributed by atoms with Gasteiger partial charge in [-0.05, 0) is 37.2 Å². The van der Waals surface area contributed by atoms with Crippen LogP contribution in [0.4, 0.5) is 5.69 Å². The van der Waals surface area contributed by atoms with Crippen LogP contribution in [0.2, 0.25) is 0 Å². The lowest BCUT2D eigenvalue weighted by molar-refractivity contribution is 0.446. The number of hydrogen-bond acceptors (Lipinski definition) is 2. The number of para-hydroxylation sites is 1. The van der Waals surface area contributed by atoms with Crippen LogP contribution in [0.15, 0.2) is 35.4 Å². The monoisotopic (exact) mass is 275 g/mol. The Labute approximate surface area is 120 Å². The Morgan fingerprint density at radius 2 is 2.11 bits per heavy atom. The molecule has 0 amide bonds. The molecule has 1 heterocycles. The van der Waals surface area contributed by atoms with E-state index in [1.54, 1.807) is 0 Å². The van der Waals surface area contributed by atoms with Crippen molar-refractivity contribution in [2.24, 2.45) is 11.0 Å². The second kappa shape index (κ2) is 6.66. The first kappa shape index (κ1) is 14.0. The average Bonchev–Trinajstić information content (AvgIpc) is 2.83. The summed E-state index contributed by atoms with van der Waals surface area (Å²) < 4.78 is 0. The molecule has 0 fully saturated rings. The van der Waals surface area contributed by atoms with Gasteiger partial charge in [0, 0.05) is 17.3 Å². The molecule has 0 aliphatic carbocycles. The maximum atomic E-state index is 5.44. The van der Waals surface area contributed by atoms with E-state index in [4.69, 9.17) is 12.2 Å². The zero-order valence-corrected chi connectivity index (χ0v) is 12.4. The molecule has 0 bridgehead atoms. The maximum absolute atomic E-state index is 5.44. The summed E-state index contributed by atoms with van der Waals surface area (Å²) in [5, 5.41) is 10.5. The molecule has 102 valence electrons. The van der Waals surface area contributed by atoms with E-state index >= 15 is 0 Å². The molecule has 0 saturated carbocycles. The zero-order valence-electron chi connectivity index (χ0n) is 11.6. The number of benzene rings is 1. The van der Waals surface area contributed by atoms with E-state index in [0.717, 1.165) is 31.5 Å². The summed E-state index contributed by atoms with van der Waals surface area (Å²) in [6.45, 7) is 5.32. The first-order chi connectivity index (χ1) is 9.24. The maximum Gasteiger partial charge on any atom is 0.194 e. The van der Waals surface area contributed by atoms with Gasteiger partial charge in [0.1, 0.15) is 0 Å². The van der Waals surface area contributed by atoms with Crippen LogP contribution in [0, 0.1) is 5.92 Å². The second-order valence-corrected chi connectivity index (χ2v) is 5.21. The number of thiocarbonyl (C=S) groups is 1. The van der Waals surface area contributed by atoms with Gasteiger partial charge in [-0.25, -0.2) is 5.01 Å². The van der Waals surface area contributed by atoms with Crippen molar-refractivity contribution in [3.8, 4) is 0 Å². The third-order valence-corrected chi connectivity index (χ3v) is 3.68. The van der Waals surface area contributed by atoms with E-state index in [9.17, 15) is 0 Å². The molecule has 1 aliphatic heterocycles. The van der Waals surface area contributed by atoms with E-state index in [-0.39, 0.29) is 0 Å². The Morgan fingerprint density at radius 1 is 1.37 bits per heavy atom. The van der Waals surface area contributed by atoms with Gasteiger partial charge in [0.25, 0.3) is 0 Å². The summed E-state index contributed by atoms with van der Waals surface area (Å²) >= 11 is 5.44. The van der Waals surface area contributed by atoms with Gasteiger partial charge in [-0.15, -0.1) is 0 Å². The van der Waals surface area contributed by atoms with E-state index in [0.29, 0.717) is 11.0 Å². The smallest absolute Gasteiger partial charge is 0.194 e. The van der Waals surface area contributed by atoms with Crippen molar-refractivity contribution in [2.45, 2.75) is 33.1 Å². The van der Waals surface area contributed by atoms with Crippen molar-refractivity contribution in [1.29, 1.82) is 0 Å². The third kappa shape index (κ3) is 3.53. The van der Waals surface area contributed by atoms with Gasteiger partial charge in [0.15, 0.2) is 5.11 Å². The number of anilines is 1. The van der Waals surface area contributed by atoms with Crippen LogP contribution in [-0.4, -0.2) is 22.4 Å². The first-order valence-corrected chi connectivity index (χ1v) is 7.36. The number of rotatable bonds is 4. The molecule has 3 nitrogen and oxygen atoms in total. The number of hydrogen-bond donors (Lipinski definition) is 1. The normalized spacial score (nSPS) is 18.3. The highest BCUT2D eigenvalue weighted by Gasteiger charge is 2.26. The Bertz CT molecular complexity index is 456. The van der Waals surface area contributed by atoms with Crippen LogP contribution < -0.4 is 5.32 Å². The molecule has 0 saturated heterocycles. The Hall–Kier alpha value is -1.42. The minimum absolute atomic E-state index is 0.551. The van der Waals surface area contributed by atoms with Gasteiger partial charge in [-0.2, -0.15) is 5.10 Å². The van der Waals surface area contributed by atoms with E-state index in [1.165, 1.54) is 5.71 Å². The molecular weight excluding hydrogens is 254 g/mol. The van der Waals surface area contributed by atoms with E-state index < -0.39 is 0 Å². The summed E-state index contributed by atoms with van der Waals surface area (Å²) in [7, 11) is 0. The van der Waals surface area contributed by atoms with Gasteiger partial charge in [-0.3, -0.25) is 0 Å². The molecule has 1 aliphatic rings. The zero-order chi connectivity index (χ0) is 13.7. The minimum atomic E-state index is 0.551. The number of nitrogens with one attached hydrogen (secondary N) is 1. The average molecular weight is 275 g/mol. The molecule has 19 heavy (non-hydrogen) atoms. The van der Waals surface area contributed by atoms with Gasteiger partial charge >= 0.3 is 0 Å². The fraction of sp³-hybridized carbons (Fsp3) is 0.467. The summed E-state index contributed by atoms with van der Waals surface area (Å²) in [4.78, 5) is 0. The topological polar surface area (TPSA) is 27.6 Å². The van der Waals surface area contributed by atoms with Crippen LogP contribution in [-0.2, 0) is 0 Å². The van der Waals surface area contributed by atoms with Crippen molar-refractivity contribution < 1.29 is 0 Å². The third-order valence-electron chi connectivity index (χ3n) is 3.37.